The molecule has 2 nitrogen and oxygen atoms in total. The van der Waals surface area contributed by atoms with E-state index in [-0.39, 0.29) is 0 Å². The second-order valence-corrected chi connectivity index (χ2v) is 2.58. The molecular formula is C9H18N2. The van der Waals surface area contributed by atoms with Gasteiger partial charge in [0.2, 0.25) is 0 Å². The molecule has 0 aliphatic heterocycles. The monoisotopic (exact) mass is 154 g/mol. The molecule has 0 aliphatic carbocycles. The van der Waals surface area contributed by atoms with E-state index in [1.807, 2.05) is 24.0 Å². The molecule has 0 saturated heterocycles. The lowest BCUT2D eigenvalue weighted by atomic mass is 10.4. The standard InChI is InChI=1S/C6H10N2.C3H8/c1-3-8-5-6(2)4-7-8;1-3-2/h4-5H,3H2,1-2H3;3H2,1-2H3. The highest BCUT2D eigenvalue weighted by Crippen LogP contribution is 1.91. The summed E-state index contributed by atoms with van der Waals surface area (Å²) in [6.07, 6.45) is 5.14. The summed E-state index contributed by atoms with van der Waals surface area (Å²) in [4.78, 5) is 0. The third kappa shape index (κ3) is 4.59. The molecule has 64 valence electrons. The molecule has 0 N–H and O–H groups in total. The molecule has 1 aromatic rings. The van der Waals surface area contributed by atoms with E-state index in [0.29, 0.717) is 0 Å². The van der Waals surface area contributed by atoms with Gasteiger partial charge in [0.15, 0.2) is 0 Å². The number of rotatable bonds is 1. The molecule has 0 amide bonds. The van der Waals surface area contributed by atoms with Crippen LogP contribution in [0.15, 0.2) is 12.4 Å². The Morgan fingerprint density at radius 1 is 1.36 bits per heavy atom. The van der Waals surface area contributed by atoms with Gasteiger partial charge in [-0.2, -0.15) is 5.10 Å². The Morgan fingerprint density at radius 2 is 1.91 bits per heavy atom. The summed E-state index contributed by atoms with van der Waals surface area (Å²) in [5.74, 6) is 0. The maximum absolute atomic E-state index is 4.05. The maximum atomic E-state index is 4.05. The number of aromatic nitrogens is 2. The summed E-state index contributed by atoms with van der Waals surface area (Å²) in [7, 11) is 0. The van der Waals surface area contributed by atoms with Crippen molar-refractivity contribution in [1.29, 1.82) is 0 Å². The molecule has 11 heavy (non-hydrogen) atoms. The van der Waals surface area contributed by atoms with Crippen molar-refractivity contribution in [1.82, 2.24) is 9.78 Å². The second-order valence-electron chi connectivity index (χ2n) is 2.58. The van der Waals surface area contributed by atoms with E-state index in [1.165, 1.54) is 12.0 Å². The van der Waals surface area contributed by atoms with Crippen LogP contribution in [0.5, 0.6) is 0 Å². The largest absolute Gasteiger partial charge is 0.273 e. The van der Waals surface area contributed by atoms with Gasteiger partial charge in [-0.3, -0.25) is 4.68 Å². The van der Waals surface area contributed by atoms with E-state index in [4.69, 9.17) is 0 Å². The zero-order valence-electron chi connectivity index (χ0n) is 7.96. The first-order chi connectivity index (χ1) is 5.24. The zero-order valence-corrected chi connectivity index (χ0v) is 7.96. The van der Waals surface area contributed by atoms with Crippen molar-refractivity contribution < 1.29 is 0 Å². The molecule has 0 unspecified atom stereocenters. The molecule has 0 saturated carbocycles. The fourth-order valence-corrected chi connectivity index (χ4v) is 0.640. The third-order valence-corrected chi connectivity index (χ3v) is 1.09. The Balaban J connectivity index is 0.000000292. The van der Waals surface area contributed by atoms with Gasteiger partial charge in [0.05, 0.1) is 6.20 Å². The predicted molar refractivity (Wildman–Crippen MR) is 48.6 cm³/mol. The molecule has 1 rings (SSSR count). The van der Waals surface area contributed by atoms with Crippen LogP contribution in [-0.2, 0) is 6.54 Å². The Morgan fingerprint density at radius 3 is 2.09 bits per heavy atom. The highest BCUT2D eigenvalue weighted by Gasteiger charge is 1.86. The molecule has 0 fully saturated rings. The van der Waals surface area contributed by atoms with Crippen LogP contribution in [0.25, 0.3) is 0 Å². The predicted octanol–water partition coefficient (Wildman–Crippen LogP) is 2.63. The first kappa shape index (κ1) is 10.2. The highest BCUT2D eigenvalue weighted by atomic mass is 15.3. The minimum Gasteiger partial charge on any atom is -0.273 e. The fraction of sp³-hybridized carbons (Fsp3) is 0.667. The van der Waals surface area contributed by atoms with Crippen LogP contribution in [-0.4, -0.2) is 9.78 Å². The van der Waals surface area contributed by atoms with Crippen LogP contribution >= 0.6 is 0 Å². The number of hydrogen-bond acceptors (Lipinski definition) is 1. The first-order valence-electron chi connectivity index (χ1n) is 4.23. The highest BCUT2D eigenvalue weighted by molar-refractivity contribution is 4.98. The molecule has 2 heteroatoms. The van der Waals surface area contributed by atoms with Crippen molar-refractivity contribution in [3.05, 3.63) is 18.0 Å². The molecule has 0 aromatic carbocycles. The molecular weight excluding hydrogens is 136 g/mol. The third-order valence-electron chi connectivity index (χ3n) is 1.09. The first-order valence-corrected chi connectivity index (χ1v) is 4.23. The van der Waals surface area contributed by atoms with Gasteiger partial charge in [0, 0.05) is 12.7 Å². The Hall–Kier alpha value is -0.790. The summed E-state index contributed by atoms with van der Waals surface area (Å²) >= 11 is 0. The Bertz CT molecular complexity index is 179. The molecule has 0 atom stereocenters. The summed E-state index contributed by atoms with van der Waals surface area (Å²) in [6, 6.07) is 0. The van der Waals surface area contributed by atoms with E-state index in [1.54, 1.807) is 0 Å². The van der Waals surface area contributed by atoms with E-state index in [0.717, 1.165) is 6.54 Å². The van der Waals surface area contributed by atoms with Gasteiger partial charge in [-0.15, -0.1) is 0 Å². The molecule has 0 bridgehead atoms. The SMILES string of the molecule is CCC.CCn1cc(C)cn1. The minimum atomic E-state index is 0.966. The zero-order chi connectivity index (χ0) is 8.69. The van der Waals surface area contributed by atoms with Crippen LogP contribution in [0.1, 0.15) is 32.8 Å². The average molecular weight is 154 g/mol. The van der Waals surface area contributed by atoms with Gasteiger partial charge in [0.1, 0.15) is 0 Å². The minimum absolute atomic E-state index is 0.966. The number of aryl methyl sites for hydroxylation is 2. The number of hydrogen-bond donors (Lipinski definition) is 0. The van der Waals surface area contributed by atoms with Crippen molar-refractivity contribution in [3.63, 3.8) is 0 Å². The Kier molecular flexibility index (Phi) is 5.53. The normalized spacial score (nSPS) is 8.73. The Labute approximate surface area is 69.2 Å². The van der Waals surface area contributed by atoms with Crippen molar-refractivity contribution in [3.8, 4) is 0 Å². The summed E-state index contributed by atoms with van der Waals surface area (Å²) in [5, 5.41) is 4.05. The molecule has 0 aliphatic rings. The lowest BCUT2D eigenvalue weighted by Crippen LogP contribution is -1.91. The summed E-state index contributed by atoms with van der Waals surface area (Å²) < 4.78 is 1.91. The molecule has 1 heterocycles. The van der Waals surface area contributed by atoms with Gasteiger partial charge >= 0.3 is 0 Å². The molecule has 0 radical (unpaired) electrons. The fourth-order valence-electron chi connectivity index (χ4n) is 0.640. The van der Waals surface area contributed by atoms with Crippen LogP contribution < -0.4 is 0 Å². The number of nitrogens with zero attached hydrogens (tertiary/aromatic N) is 2. The summed E-state index contributed by atoms with van der Waals surface area (Å²) in [5.41, 5.74) is 1.23. The maximum Gasteiger partial charge on any atom is 0.0518 e. The smallest absolute Gasteiger partial charge is 0.0518 e. The quantitative estimate of drug-likeness (QED) is 0.608. The van der Waals surface area contributed by atoms with Crippen LogP contribution in [0.2, 0.25) is 0 Å². The van der Waals surface area contributed by atoms with Gasteiger partial charge < -0.3 is 0 Å². The van der Waals surface area contributed by atoms with Crippen molar-refractivity contribution in [2.24, 2.45) is 0 Å². The topological polar surface area (TPSA) is 17.8 Å². The molecule has 0 spiro atoms. The van der Waals surface area contributed by atoms with Crippen molar-refractivity contribution in [2.75, 3.05) is 0 Å². The van der Waals surface area contributed by atoms with Crippen LogP contribution in [0.4, 0.5) is 0 Å². The molecule has 1 aromatic heterocycles. The average Bonchev–Trinajstić information content (AvgIpc) is 2.37. The van der Waals surface area contributed by atoms with Gasteiger partial charge in [-0.1, -0.05) is 20.3 Å². The van der Waals surface area contributed by atoms with Crippen LogP contribution in [0.3, 0.4) is 0 Å². The second kappa shape index (κ2) is 5.96. The lowest BCUT2D eigenvalue weighted by Gasteiger charge is -1.88. The van der Waals surface area contributed by atoms with E-state index in [9.17, 15) is 0 Å². The van der Waals surface area contributed by atoms with Gasteiger partial charge in [-0.05, 0) is 19.4 Å². The summed E-state index contributed by atoms with van der Waals surface area (Å²) in [6.45, 7) is 9.33. The van der Waals surface area contributed by atoms with E-state index >= 15 is 0 Å². The van der Waals surface area contributed by atoms with E-state index in [2.05, 4.69) is 25.9 Å². The van der Waals surface area contributed by atoms with Crippen molar-refractivity contribution >= 4 is 0 Å². The lowest BCUT2D eigenvalue weighted by molar-refractivity contribution is 0.659. The van der Waals surface area contributed by atoms with Crippen LogP contribution in [0, 0.1) is 6.92 Å². The van der Waals surface area contributed by atoms with Gasteiger partial charge in [0.25, 0.3) is 0 Å². The van der Waals surface area contributed by atoms with Crippen molar-refractivity contribution in [2.45, 2.75) is 40.7 Å². The van der Waals surface area contributed by atoms with Gasteiger partial charge in [-0.25, -0.2) is 0 Å². The van der Waals surface area contributed by atoms with E-state index < -0.39 is 0 Å².